The van der Waals surface area contributed by atoms with E-state index >= 15 is 0 Å². The Morgan fingerprint density at radius 2 is 1.88 bits per heavy atom. The van der Waals surface area contributed by atoms with Crippen LogP contribution in [0, 0.1) is 5.82 Å². The third-order valence-corrected chi connectivity index (χ3v) is 5.55. The Labute approximate surface area is 184 Å². The molecule has 1 aliphatic heterocycles. The molecule has 3 aromatic rings. The Kier molecular flexibility index (Phi) is 5.49. The molecule has 1 aromatic carbocycles. The van der Waals surface area contributed by atoms with Gasteiger partial charge in [-0.15, -0.1) is 0 Å². The first-order valence-corrected chi connectivity index (χ1v) is 10.5. The second-order valence-corrected chi connectivity index (χ2v) is 9.34. The first-order valence-electron chi connectivity index (χ1n) is 10.5. The van der Waals surface area contributed by atoms with Crippen LogP contribution in [0.4, 0.5) is 9.18 Å². The minimum Gasteiger partial charge on any atom is -0.388 e. The maximum absolute atomic E-state index is 13.2. The summed E-state index contributed by atoms with van der Waals surface area (Å²) in [6.07, 6.45) is 3.52. The molecule has 0 atom stereocenters. The van der Waals surface area contributed by atoms with Gasteiger partial charge < -0.3 is 15.3 Å². The Morgan fingerprint density at radius 3 is 2.50 bits per heavy atom. The third kappa shape index (κ3) is 4.50. The van der Waals surface area contributed by atoms with Gasteiger partial charge in [0.2, 0.25) is 0 Å². The largest absolute Gasteiger partial charge is 0.388 e. The summed E-state index contributed by atoms with van der Waals surface area (Å²) in [5, 5.41) is 18.5. The molecule has 0 bridgehead atoms. The topological polar surface area (TPSA) is 105 Å². The van der Waals surface area contributed by atoms with Crippen molar-refractivity contribution in [1.29, 1.82) is 0 Å². The van der Waals surface area contributed by atoms with Crippen LogP contribution in [-0.4, -0.2) is 59.6 Å². The summed E-state index contributed by atoms with van der Waals surface area (Å²) in [7, 11) is 0. The van der Waals surface area contributed by atoms with Gasteiger partial charge in [-0.1, -0.05) is 0 Å². The van der Waals surface area contributed by atoms with Gasteiger partial charge in [-0.25, -0.2) is 18.9 Å². The number of urea groups is 1. The zero-order valence-corrected chi connectivity index (χ0v) is 18.4. The normalized spacial score (nSPS) is 16.3. The highest BCUT2D eigenvalue weighted by Gasteiger charge is 2.35. The van der Waals surface area contributed by atoms with Crippen LogP contribution in [0.2, 0.25) is 0 Å². The number of carbonyl (C=O) groups excluding carboxylic acids is 1. The number of fused-ring (bicyclic) bond motifs is 1. The Morgan fingerprint density at radius 1 is 1.22 bits per heavy atom. The molecule has 1 aliphatic rings. The number of aromatic nitrogens is 4. The molecular weight excluding hydrogens is 415 g/mol. The molecule has 9 nitrogen and oxygen atoms in total. The molecule has 0 spiro atoms. The quantitative estimate of drug-likeness (QED) is 0.646. The Hall–Kier alpha value is -3.27. The van der Waals surface area contributed by atoms with E-state index < -0.39 is 5.60 Å². The van der Waals surface area contributed by atoms with Crippen molar-refractivity contribution in [2.75, 3.05) is 13.1 Å². The first-order chi connectivity index (χ1) is 15.0. The van der Waals surface area contributed by atoms with Crippen LogP contribution in [0.15, 0.2) is 41.6 Å². The molecule has 2 aromatic heterocycles. The lowest BCUT2D eigenvalue weighted by Crippen LogP contribution is -2.54. The lowest BCUT2D eigenvalue weighted by Gasteiger charge is -2.39. The van der Waals surface area contributed by atoms with Gasteiger partial charge >= 0.3 is 6.03 Å². The molecule has 2 N–H and O–H groups in total. The second kappa shape index (κ2) is 8.01. The number of nitrogens with one attached hydrogen (secondary N) is 1. The summed E-state index contributed by atoms with van der Waals surface area (Å²) in [5.74, 6) is -0.365. The van der Waals surface area contributed by atoms with Crippen molar-refractivity contribution < 1.29 is 14.3 Å². The van der Waals surface area contributed by atoms with E-state index in [1.807, 2.05) is 20.8 Å². The molecule has 1 saturated heterocycles. The van der Waals surface area contributed by atoms with Crippen molar-refractivity contribution in [1.82, 2.24) is 29.5 Å². The predicted octanol–water partition coefficient (Wildman–Crippen LogP) is 2.06. The van der Waals surface area contributed by atoms with Gasteiger partial charge in [-0.05, 0) is 57.9 Å². The molecule has 3 heterocycles. The fourth-order valence-electron chi connectivity index (χ4n) is 3.83. The Balaban J connectivity index is 1.50. The molecule has 4 rings (SSSR count). The molecule has 170 valence electrons. The number of halogens is 1. The van der Waals surface area contributed by atoms with E-state index in [1.165, 1.54) is 33.9 Å². The predicted molar refractivity (Wildman–Crippen MR) is 117 cm³/mol. The molecule has 1 fully saturated rings. The number of hydrogen-bond donors (Lipinski definition) is 2. The van der Waals surface area contributed by atoms with Crippen molar-refractivity contribution in [2.24, 2.45) is 0 Å². The fourth-order valence-corrected chi connectivity index (χ4v) is 3.83. The fraction of sp³-hybridized carbons (Fsp3) is 0.455. The van der Waals surface area contributed by atoms with Crippen LogP contribution in [0.1, 0.15) is 33.6 Å². The monoisotopic (exact) mass is 442 g/mol. The molecule has 0 radical (unpaired) electrons. The van der Waals surface area contributed by atoms with Crippen molar-refractivity contribution in [3.8, 4) is 5.69 Å². The molecule has 2 amide bonds. The van der Waals surface area contributed by atoms with E-state index in [1.54, 1.807) is 17.0 Å². The Bertz CT molecular complexity index is 1190. The summed E-state index contributed by atoms with van der Waals surface area (Å²) in [6, 6.07) is 5.58. The molecule has 10 heteroatoms. The highest BCUT2D eigenvalue weighted by Crippen LogP contribution is 2.24. The number of amides is 2. The van der Waals surface area contributed by atoms with E-state index in [4.69, 9.17) is 0 Å². The number of likely N-dealkylation sites (tertiary alicyclic amines) is 1. The minimum atomic E-state index is -1.12. The lowest BCUT2D eigenvalue weighted by atomic mass is 9.91. The number of benzene rings is 1. The van der Waals surface area contributed by atoms with Crippen LogP contribution in [-0.2, 0) is 6.54 Å². The van der Waals surface area contributed by atoms with Crippen molar-refractivity contribution in [2.45, 2.75) is 51.3 Å². The van der Waals surface area contributed by atoms with E-state index in [2.05, 4.69) is 15.4 Å². The highest BCUT2D eigenvalue weighted by molar-refractivity contribution is 5.75. The summed E-state index contributed by atoms with van der Waals surface area (Å²) in [5.41, 5.74) is -0.823. The smallest absolute Gasteiger partial charge is 0.317 e. The van der Waals surface area contributed by atoms with Crippen molar-refractivity contribution in [3.05, 3.63) is 53.0 Å². The van der Waals surface area contributed by atoms with Gasteiger partial charge in [0.15, 0.2) is 5.65 Å². The van der Waals surface area contributed by atoms with Crippen LogP contribution in [0.5, 0.6) is 0 Å². The summed E-state index contributed by atoms with van der Waals surface area (Å²) >= 11 is 0. The molecule has 32 heavy (non-hydrogen) atoms. The highest BCUT2D eigenvalue weighted by atomic mass is 19.1. The van der Waals surface area contributed by atoms with Crippen molar-refractivity contribution >= 4 is 17.1 Å². The average Bonchev–Trinajstić information content (AvgIpc) is 3.15. The van der Waals surface area contributed by atoms with Gasteiger partial charge in [0.1, 0.15) is 17.5 Å². The number of nitrogens with zero attached hydrogens (tertiary/aromatic N) is 5. The molecular formula is C22H27FN6O3. The van der Waals surface area contributed by atoms with Gasteiger partial charge in [0, 0.05) is 18.6 Å². The maximum Gasteiger partial charge on any atom is 0.317 e. The molecule has 0 aliphatic carbocycles. The van der Waals surface area contributed by atoms with E-state index in [0.717, 1.165) is 0 Å². The average molecular weight is 442 g/mol. The zero-order valence-electron chi connectivity index (χ0n) is 18.4. The minimum absolute atomic E-state index is 0.0746. The zero-order chi connectivity index (χ0) is 23.1. The lowest BCUT2D eigenvalue weighted by molar-refractivity contribution is -0.0268. The number of piperidine rings is 1. The van der Waals surface area contributed by atoms with Crippen LogP contribution in [0.25, 0.3) is 16.7 Å². The number of aliphatic hydroxyl groups is 1. The molecule has 0 unspecified atom stereocenters. The molecule has 0 saturated carbocycles. The number of carbonyl (C=O) groups is 1. The van der Waals surface area contributed by atoms with Gasteiger partial charge in [0.25, 0.3) is 5.56 Å². The summed E-state index contributed by atoms with van der Waals surface area (Å²) in [6.45, 7) is 6.61. The maximum atomic E-state index is 13.2. The SMILES string of the molecule is CC(C)(C)NC(=O)N1CCC(O)(Cn2cnc3c(cnn3-c3ccc(F)cc3)c2=O)CC1. The van der Waals surface area contributed by atoms with Gasteiger partial charge in [-0.2, -0.15) is 5.10 Å². The van der Waals surface area contributed by atoms with Gasteiger partial charge in [-0.3, -0.25) is 9.36 Å². The number of rotatable bonds is 3. The first kappa shape index (κ1) is 21.9. The van der Waals surface area contributed by atoms with E-state index in [9.17, 15) is 19.1 Å². The van der Waals surface area contributed by atoms with E-state index in [0.29, 0.717) is 42.7 Å². The van der Waals surface area contributed by atoms with Gasteiger partial charge in [0.05, 0.1) is 24.0 Å². The van der Waals surface area contributed by atoms with Crippen LogP contribution >= 0.6 is 0 Å². The summed E-state index contributed by atoms with van der Waals surface area (Å²) in [4.78, 5) is 31.4. The van der Waals surface area contributed by atoms with Crippen molar-refractivity contribution in [3.63, 3.8) is 0 Å². The second-order valence-electron chi connectivity index (χ2n) is 9.34. The standard InChI is InChI=1S/C22H27FN6O3/c1-21(2,3)26-20(31)27-10-8-22(32,9-11-27)13-28-14-24-18-17(19(28)30)12-25-29(18)16-6-4-15(23)5-7-16/h4-7,12,14,32H,8-11,13H2,1-3H3,(H,26,31). The van der Waals surface area contributed by atoms with Crippen LogP contribution in [0.3, 0.4) is 0 Å². The third-order valence-electron chi connectivity index (χ3n) is 5.55. The van der Waals surface area contributed by atoms with E-state index in [-0.39, 0.29) is 29.5 Å². The number of hydrogen-bond acceptors (Lipinski definition) is 5. The summed E-state index contributed by atoms with van der Waals surface area (Å²) < 4.78 is 16.1. The van der Waals surface area contributed by atoms with Crippen LogP contribution < -0.4 is 10.9 Å².